The highest BCUT2D eigenvalue weighted by Crippen LogP contribution is 2.22. The van der Waals surface area contributed by atoms with Gasteiger partial charge in [-0.1, -0.05) is 30.3 Å². The van der Waals surface area contributed by atoms with Crippen LogP contribution in [0.1, 0.15) is 36.6 Å². The molecule has 4 rings (SSSR count). The topological polar surface area (TPSA) is 59.6 Å². The molecular weight excluding hydrogens is 418 g/mol. The minimum Gasteiger partial charge on any atom is -1.00 e. The molecule has 5 nitrogen and oxygen atoms in total. The summed E-state index contributed by atoms with van der Waals surface area (Å²) < 4.78 is 1.75. The number of aromatic hydroxyl groups is 1. The number of benzene rings is 2. The van der Waals surface area contributed by atoms with E-state index in [-0.39, 0.29) is 34.3 Å². The lowest BCUT2D eigenvalue weighted by Gasteiger charge is -2.18. The molecule has 1 aliphatic heterocycles. The van der Waals surface area contributed by atoms with Gasteiger partial charge >= 0.3 is 0 Å². The van der Waals surface area contributed by atoms with Gasteiger partial charge in [0.1, 0.15) is 5.75 Å². The van der Waals surface area contributed by atoms with Crippen LogP contribution in [0.3, 0.4) is 0 Å². The van der Waals surface area contributed by atoms with Crippen molar-refractivity contribution in [3.05, 3.63) is 70.1 Å². The number of rotatable bonds is 3. The number of halogens is 1. The molecule has 2 unspecified atom stereocenters. The summed E-state index contributed by atoms with van der Waals surface area (Å²) >= 11 is 0. The van der Waals surface area contributed by atoms with E-state index in [2.05, 4.69) is 7.05 Å². The number of fused-ring (bicyclic) bond motifs is 1. The molecule has 0 aliphatic carbocycles. The summed E-state index contributed by atoms with van der Waals surface area (Å²) in [6.07, 6.45) is 3.74. The highest BCUT2D eigenvalue weighted by Gasteiger charge is 2.22. The first-order chi connectivity index (χ1) is 13.1. The maximum Gasteiger partial charge on any atom is 0.274 e. The van der Waals surface area contributed by atoms with E-state index in [0.717, 1.165) is 54.4 Å². The Morgan fingerprint density at radius 2 is 1.79 bits per heavy atom. The highest BCUT2D eigenvalue weighted by atomic mass is 79.9. The minimum absolute atomic E-state index is 0. The van der Waals surface area contributed by atoms with E-state index in [4.69, 9.17) is 5.10 Å². The highest BCUT2D eigenvalue weighted by molar-refractivity contribution is 5.83. The first-order valence-corrected chi connectivity index (χ1v) is 9.71. The molecule has 2 atom stereocenters. The van der Waals surface area contributed by atoms with Crippen LogP contribution in [0.25, 0.3) is 10.8 Å². The van der Waals surface area contributed by atoms with Crippen LogP contribution in [0.5, 0.6) is 5.75 Å². The first kappa shape index (κ1) is 20.6. The third-order valence-corrected chi connectivity index (χ3v) is 5.60. The maximum atomic E-state index is 13.1. The molecule has 0 spiro atoms. The van der Waals surface area contributed by atoms with Crippen LogP contribution in [0.2, 0.25) is 0 Å². The van der Waals surface area contributed by atoms with E-state index in [1.165, 1.54) is 4.90 Å². The molecule has 0 amide bonds. The van der Waals surface area contributed by atoms with Gasteiger partial charge in [0.15, 0.2) is 0 Å². The molecule has 1 aromatic heterocycles. The standard InChI is InChI=1S/C22H25N3O2.BrH/c1-24-13-4-5-17(12-14-24)25-22(27)20-7-3-2-6-19(20)21(23-25)15-16-8-10-18(26)11-9-16;/h2-3,6-11,17,26H,4-5,12-15H2,1H3;1H. The van der Waals surface area contributed by atoms with Gasteiger partial charge in [-0.25, -0.2) is 4.68 Å². The molecule has 28 heavy (non-hydrogen) atoms. The van der Waals surface area contributed by atoms with Gasteiger partial charge in [-0.2, -0.15) is 5.10 Å². The Hall–Kier alpha value is -2.18. The second-order valence-corrected chi connectivity index (χ2v) is 7.63. The molecule has 0 saturated carbocycles. The molecule has 6 heteroatoms. The molecule has 1 aliphatic rings. The van der Waals surface area contributed by atoms with E-state index >= 15 is 0 Å². The Morgan fingerprint density at radius 1 is 1.07 bits per heavy atom. The lowest BCUT2D eigenvalue weighted by molar-refractivity contribution is -0.878. The van der Waals surface area contributed by atoms with Gasteiger partial charge in [0.2, 0.25) is 0 Å². The zero-order valence-corrected chi connectivity index (χ0v) is 17.7. The van der Waals surface area contributed by atoms with E-state index in [1.54, 1.807) is 16.8 Å². The summed E-state index contributed by atoms with van der Waals surface area (Å²) in [4.78, 5) is 14.7. The van der Waals surface area contributed by atoms with Gasteiger partial charge in [0.05, 0.1) is 37.3 Å². The lowest BCUT2D eigenvalue weighted by Crippen LogP contribution is -3.08. The van der Waals surface area contributed by atoms with Crippen LogP contribution in [0.15, 0.2) is 53.3 Å². The van der Waals surface area contributed by atoms with Crippen molar-refractivity contribution in [1.82, 2.24) is 9.78 Å². The minimum atomic E-state index is 0. The van der Waals surface area contributed by atoms with Crippen molar-refractivity contribution in [1.29, 1.82) is 0 Å². The van der Waals surface area contributed by atoms with Crippen molar-refractivity contribution >= 4 is 10.8 Å². The van der Waals surface area contributed by atoms with Gasteiger partial charge in [0.25, 0.3) is 5.56 Å². The van der Waals surface area contributed by atoms with Crippen LogP contribution in [-0.2, 0) is 6.42 Å². The van der Waals surface area contributed by atoms with E-state index in [0.29, 0.717) is 6.42 Å². The molecule has 3 aromatic rings. The van der Waals surface area contributed by atoms with Gasteiger partial charge in [-0.05, 0) is 36.6 Å². The van der Waals surface area contributed by atoms with E-state index < -0.39 is 0 Å². The molecule has 1 saturated heterocycles. The second-order valence-electron chi connectivity index (χ2n) is 7.63. The number of nitrogens with one attached hydrogen (secondary N) is 1. The predicted molar refractivity (Wildman–Crippen MR) is 106 cm³/mol. The number of phenolic OH excluding ortho intramolecular Hbond substituents is 1. The molecule has 2 N–H and O–H groups in total. The summed E-state index contributed by atoms with van der Waals surface area (Å²) in [5.41, 5.74) is 2.01. The average Bonchev–Trinajstić information content (AvgIpc) is 2.90. The lowest BCUT2D eigenvalue weighted by atomic mass is 10.0. The number of phenols is 1. The van der Waals surface area contributed by atoms with Crippen LogP contribution in [0, 0.1) is 0 Å². The zero-order valence-electron chi connectivity index (χ0n) is 16.1. The SMILES string of the molecule is C[NH+]1CCCC(n2nc(Cc3ccc(O)cc3)c3ccccc3c2=O)CC1.[Br-]. The number of nitrogens with zero attached hydrogens (tertiary/aromatic N) is 2. The Bertz CT molecular complexity index is 1000. The average molecular weight is 444 g/mol. The summed E-state index contributed by atoms with van der Waals surface area (Å²) in [5, 5.41) is 16.0. The smallest absolute Gasteiger partial charge is 0.274 e. The quantitative estimate of drug-likeness (QED) is 0.542. The summed E-state index contributed by atoms with van der Waals surface area (Å²) in [6.45, 7) is 2.22. The fourth-order valence-corrected chi connectivity index (χ4v) is 4.03. The van der Waals surface area contributed by atoms with E-state index in [1.807, 2.05) is 36.4 Å². The largest absolute Gasteiger partial charge is 1.00 e. The number of likely N-dealkylation sites (tertiary alicyclic amines) is 1. The number of hydrogen-bond donors (Lipinski definition) is 2. The van der Waals surface area contributed by atoms with Crippen LogP contribution in [-0.4, -0.2) is 35.0 Å². The van der Waals surface area contributed by atoms with Crippen molar-refractivity contribution < 1.29 is 27.0 Å². The van der Waals surface area contributed by atoms with Crippen molar-refractivity contribution in [3.63, 3.8) is 0 Å². The molecule has 1 fully saturated rings. The monoisotopic (exact) mass is 443 g/mol. The molecule has 2 aromatic carbocycles. The molecular formula is C22H26BrN3O2. The molecule has 0 bridgehead atoms. The zero-order chi connectivity index (χ0) is 18.8. The predicted octanol–water partition coefficient (Wildman–Crippen LogP) is -1.06. The fraction of sp³-hybridized carbons (Fsp3) is 0.364. The van der Waals surface area contributed by atoms with Crippen molar-refractivity contribution in [2.24, 2.45) is 0 Å². The Balaban J connectivity index is 0.00000225. The number of quaternary nitrogens is 1. The molecule has 2 heterocycles. The van der Waals surface area contributed by atoms with Crippen molar-refractivity contribution in [2.75, 3.05) is 20.1 Å². The third-order valence-electron chi connectivity index (χ3n) is 5.60. The van der Waals surface area contributed by atoms with Gasteiger partial charge in [0, 0.05) is 18.2 Å². The Kier molecular flexibility index (Phi) is 6.52. The van der Waals surface area contributed by atoms with Crippen molar-refractivity contribution in [3.8, 4) is 5.75 Å². The molecule has 0 radical (unpaired) electrons. The van der Waals surface area contributed by atoms with Gasteiger partial charge in [-0.15, -0.1) is 0 Å². The van der Waals surface area contributed by atoms with Crippen LogP contribution >= 0.6 is 0 Å². The fourth-order valence-electron chi connectivity index (χ4n) is 4.03. The Morgan fingerprint density at radius 3 is 2.54 bits per heavy atom. The van der Waals surface area contributed by atoms with Crippen molar-refractivity contribution in [2.45, 2.75) is 31.7 Å². The number of hydrogen-bond acceptors (Lipinski definition) is 3. The van der Waals surface area contributed by atoms with E-state index in [9.17, 15) is 9.90 Å². The van der Waals surface area contributed by atoms with Crippen LogP contribution in [0.4, 0.5) is 0 Å². The normalized spacial score (nSPS) is 19.8. The Labute approximate surface area is 175 Å². The summed E-state index contributed by atoms with van der Waals surface area (Å²) in [5.74, 6) is 0.256. The molecule has 148 valence electrons. The van der Waals surface area contributed by atoms with Gasteiger partial charge < -0.3 is 27.0 Å². The van der Waals surface area contributed by atoms with Gasteiger partial charge in [-0.3, -0.25) is 4.79 Å². The summed E-state index contributed by atoms with van der Waals surface area (Å²) in [7, 11) is 2.22. The third kappa shape index (κ3) is 4.28. The maximum absolute atomic E-state index is 13.1. The summed E-state index contributed by atoms with van der Waals surface area (Å²) in [6, 6.07) is 15.1. The second kappa shape index (κ2) is 8.88. The van der Waals surface area contributed by atoms with Crippen LogP contribution < -0.4 is 27.4 Å². The number of aromatic nitrogens is 2. The first-order valence-electron chi connectivity index (χ1n) is 9.71.